The minimum Gasteiger partial charge on any atom is -0.478 e. The zero-order chi connectivity index (χ0) is 9.23. The Morgan fingerprint density at radius 2 is 2.00 bits per heavy atom. The van der Waals surface area contributed by atoms with Crippen LogP contribution in [-0.4, -0.2) is 17.4 Å². The predicted octanol–water partition coefficient (Wildman–Crippen LogP) is 1.55. The molecule has 12 heavy (non-hydrogen) atoms. The van der Waals surface area contributed by atoms with Crippen molar-refractivity contribution >= 4 is 12.3 Å². The van der Waals surface area contributed by atoms with Gasteiger partial charge in [0.05, 0.1) is 0 Å². The van der Waals surface area contributed by atoms with Gasteiger partial charge in [-0.2, -0.15) is 0 Å². The number of carboxylic acids is 1. The number of hydrogen-bond donors (Lipinski definition) is 1. The number of rotatable bonds is 6. The van der Waals surface area contributed by atoms with Crippen molar-refractivity contribution in [2.75, 3.05) is 0 Å². The number of aliphatic carboxylic acids is 1. The lowest BCUT2D eigenvalue weighted by Crippen LogP contribution is -1.84. The SMILES string of the molecule is O=CCCCC=CC=CC(=O)O. The van der Waals surface area contributed by atoms with Gasteiger partial charge in [-0.15, -0.1) is 0 Å². The van der Waals surface area contributed by atoms with E-state index in [-0.39, 0.29) is 0 Å². The predicted molar refractivity (Wildman–Crippen MR) is 45.8 cm³/mol. The van der Waals surface area contributed by atoms with Crippen molar-refractivity contribution in [1.29, 1.82) is 0 Å². The molecular weight excluding hydrogens is 156 g/mol. The van der Waals surface area contributed by atoms with Gasteiger partial charge in [-0.05, 0) is 12.8 Å². The Hall–Kier alpha value is -1.38. The van der Waals surface area contributed by atoms with Crippen molar-refractivity contribution in [3.05, 3.63) is 24.3 Å². The maximum Gasteiger partial charge on any atom is 0.328 e. The van der Waals surface area contributed by atoms with Gasteiger partial charge in [0.1, 0.15) is 6.29 Å². The molecule has 3 heteroatoms. The molecule has 0 bridgehead atoms. The van der Waals surface area contributed by atoms with Gasteiger partial charge in [-0.25, -0.2) is 4.79 Å². The van der Waals surface area contributed by atoms with Gasteiger partial charge in [-0.3, -0.25) is 0 Å². The van der Waals surface area contributed by atoms with Crippen LogP contribution in [0.5, 0.6) is 0 Å². The third-order valence-electron chi connectivity index (χ3n) is 1.18. The van der Waals surface area contributed by atoms with E-state index < -0.39 is 5.97 Å². The standard InChI is InChI=1S/C9H12O3/c10-8-6-4-2-1-3-5-7-9(11)12/h1,3,5,7-8H,2,4,6H2,(H,11,12). The van der Waals surface area contributed by atoms with Crippen LogP contribution in [-0.2, 0) is 9.59 Å². The lowest BCUT2D eigenvalue weighted by atomic mass is 10.2. The molecule has 0 aromatic heterocycles. The molecule has 0 spiro atoms. The van der Waals surface area contributed by atoms with Crippen LogP contribution in [0.15, 0.2) is 24.3 Å². The van der Waals surface area contributed by atoms with Crippen LogP contribution >= 0.6 is 0 Å². The van der Waals surface area contributed by atoms with Crippen LogP contribution in [0, 0.1) is 0 Å². The molecule has 0 saturated carbocycles. The smallest absolute Gasteiger partial charge is 0.328 e. The summed E-state index contributed by atoms with van der Waals surface area (Å²) in [6.07, 6.45) is 9.10. The molecule has 0 radical (unpaired) electrons. The summed E-state index contributed by atoms with van der Waals surface area (Å²) in [6.45, 7) is 0. The molecule has 66 valence electrons. The molecule has 0 aliphatic heterocycles. The van der Waals surface area contributed by atoms with Gasteiger partial charge in [0.2, 0.25) is 0 Å². The summed E-state index contributed by atoms with van der Waals surface area (Å²) in [6, 6.07) is 0. The third-order valence-corrected chi connectivity index (χ3v) is 1.18. The third kappa shape index (κ3) is 8.62. The highest BCUT2D eigenvalue weighted by atomic mass is 16.4. The Morgan fingerprint density at radius 3 is 2.58 bits per heavy atom. The van der Waals surface area contributed by atoms with Crippen molar-refractivity contribution in [2.24, 2.45) is 0 Å². The Balaban J connectivity index is 3.36. The first-order valence-corrected chi connectivity index (χ1v) is 3.77. The van der Waals surface area contributed by atoms with E-state index in [1.165, 1.54) is 6.08 Å². The van der Waals surface area contributed by atoms with Crippen molar-refractivity contribution < 1.29 is 14.7 Å². The average Bonchev–Trinajstić information content (AvgIpc) is 2.02. The second-order valence-electron chi connectivity index (χ2n) is 2.22. The summed E-state index contributed by atoms with van der Waals surface area (Å²) in [5.41, 5.74) is 0. The van der Waals surface area contributed by atoms with Crippen molar-refractivity contribution in [1.82, 2.24) is 0 Å². The van der Waals surface area contributed by atoms with E-state index in [0.29, 0.717) is 6.42 Å². The van der Waals surface area contributed by atoms with Gasteiger partial charge >= 0.3 is 5.97 Å². The average molecular weight is 168 g/mol. The van der Waals surface area contributed by atoms with Crippen LogP contribution < -0.4 is 0 Å². The normalized spacial score (nSPS) is 11.0. The second-order valence-corrected chi connectivity index (χ2v) is 2.22. The summed E-state index contributed by atoms with van der Waals surface area (Å²) in [5.74, 6) is -0.951. The first-order chi connectivity index (χ1) is 5.77. The lowest BCUT2D eigenvalue weighted by Gasteiger charge is -1.84. The zero-order valence-corrected chi connectivity index (χ0v) is 6.77. The van der Waals surface area contributed by atoms with Crippen LogP contribution in [0.25, 0.3) is 0 Å². The van der Waals surface area contributed by atoms with E-state index in [0.717, 1.165) is 25.2 Å². The molecule has 0 heterocycles. The minimum atomic E-state index is -0.951. The van der Waals surface area contributed by atoms with E-state index in [1.54, 1.807) is 6.08 Å². The Labute approximate surface area is 71.4 Å². The van der Waals surface area contributed by atoms with Gasteiger partial charge < -0.3 is 9.90 Å². The minimum absolute atomic E-state index is 0.562. The van der Waals surface area contributed by atoms with Crippen LogP contribution in [0.3, 0.4) is 0 Å². The van der Waals surface area contributed by atoms with E-state index in [4.69, 9.17) is 5.11 Å². The Kier molecular flexibility index (Phi) is 6.84. The highest BCUT2D eigenvalue weighted by Crippen LogP contribution is 1.93. The summed E-state index contributed by atoms with van der Waals surface area (Å²) in [5, 5.41) is 8.19. The molecule has 0 fully saturated rings. The Morgan fingerprint density at radius 1 is 1.25 bits per heavy atom. The van der Waals surface area contributed by atoms with E-state index in [9.17, 15) is 9.59 Å². The molecule has 0 aliphatic rings. The van der Waals surface area contributed by atoms with Gasteiger partial charge in [-0.1, -0.05) is 18.2 Å². The van der Waals surface area contributed by atoms with Gasteiger partial charge in [0.25, 0.3) is 0 Å². The van der Waals surface area contributed by atoms with Crippen molar-refractivity contribution in [3.8, 4) is 0 Å². The number of hydrogen-bond acceptors (Lipinski definition) is 2. The monoisotopic (exact) mass is 168 g/mol. The maximum absolute atomic E-state index is 9.97. The molecular formula is C9H12O3. The van der Waals surface area contributed by atoms with Crippen LogP contribution in [0.2, 0.25) is 0 Å². The molecule has 0 atom stereocenters. The summed E-state index contributed by atoms with van der Waals surface area (Å²) in [7, 11) is 0. The highest BCUT2D eigenvalue weighted by molar-refractivity contribution is 5.80. The van der Waals surface area contributed by atoms with Gasteiger partial charge in [0, 0.05) is 12.5 Å². The first-order valence-electron chi connectivity index (χ1n) is 3.77. The van der Waals surface area contributed by atoms with E-state index in [1.807, 2.05) is 6.08 Å². The molecule has 0 aromatic rings. The fraction of sp³-hybridized carbons (Fsp3) is 0.333. The maximum atomic E-state index is 9.97. The fourth-order valence-corrected chi connectivity index (χ4v) is 0.632. The topological polar surface area (TPSA) is 54.4 Å². The number of carbonyl (C=O) groups excluding carboxylic acids is 1. The van der Waals surface area contributed by atoms with Crippen molar-refractivity contribution in [2.45, 2.75) is 19.3 Å². The molecule has 0 amide bonds. The molecule has 3 nitrogen and oxygen atoms in total. The quantitative estimate of drug-likeness (QED) is 0.283. The first kappa shape index (κ1) is 10.6. The summed E-state index contributed by atoms with van der Waals surface area (Å²) >= 11 is 0. The van der Waals surface area contributed by atoms with Gasteiger partial charge in [0.15, 0.2) is 0 Å². The molecule has 1 N–H and O–H groups in total. The number of carbonyl (C=O) groups is 2. The van der Waals surface area contributed by atoms with Crippen LogP contribution in [0.4, 0.5) is 0 Å². The summed E-state index contributed by atoms with van der Waals surface area (Å²) in [4.78, 5) is 19.8. The lowest BCUT2D eigenvalue weighted by molar-refractivity contribution is -0.131. The number of allylic oxidation sites excluding steroid dienone is 3. The van der Waals surface area contributed by atoms with Crippen molar-refractivity contribution in [3.63, 3.8) is 0 Å². The molecule has 0 rings (SSSR count). The molecule has 0 unspecified atom stereocenters. The molecule has 0 aromatic carbocycles. The number of unbranched alkanes of at least 4 members (excludes halogenated alkanes) is 2. The van der Waals surface area contributed by atoms with E-state index in [2.05, 4.69) is 0 Å². The van der Waals surface area contributed by atoms with E-state index >= 15 is 0 Å². The molecule has 0 saturated heterocycles. The molecule has 0 aliphatic carbocycles. The van der Waals surface area contributed by atoms with Crippen LogP contribution in [0.1, 0.15) is 19.3 Å². The highest BCUT2D eigenvalue weighted by Gasteiger charge is 1.82. The second kappa shape index (κ2) is 7.72. The largest absolute Gasteiger partial charge is 0.478 e. The Bertz CT molecular complexity index is 192. The number of carboxylic acid groups (broad SMARTS) is 1. The fourth-order valence-electron chi connectivity index (χ4n) is 0.632. The zero-order valence-electron chi connectivity index (χ0n) is 6.77. The number of aldehydes is 1. The summed E-state index contributed by atoms with van der Waals surface area (Å²) < 4.78 is 0.